The average molecular weight is 473 g/mol. The van der Waals surface area contributed by atoms with E-state index < -0.39 is 0 Å². The van der Waals surface area contributed by atoms with E-state index in [1.165, 1.54) is 62.9 Å². The molecule has 1 atom stereocenters. The Morgan fingerprint density at radius 3 is 2.23 bits per heavy atom. The van der Waals surface area contributed by atoms with Gasteiger partial charge in [0.05, 0.1) is 7.11 Å². The maximum Gasteiger partial charge on any atom is 0.118 e. The van der Waals surface area contributed by atoms with Crippen molar-refractivity contribution in [3.05, 3.63) is 64.1 Å². The first-order chi connectivity index (χ1) is 14.4. The van der Waals surface area contributed by atoms with Crippen molar-refractivity contribution in [1.82, 2.24) is 4.90 Å². The molecule has 1 aliphatic rings. The average Bonchev–Trinajstić information content (AvgIpc) is 2.75. The number of ether oxygens (including phenoxy) is 1. The first kappa shape index (κ1) is 23.3. The Labute approximate surface area is 192 Å². The molecule has 1 fully saturated rings. The molecule has 3 heteroatoms. The summed E-state index contributed by atoms with van der Waals surface area (Å²) in [5.41, 5.74) is 3.16. The first-order valence-corrected chi connectivity index (χ1v) is 12.3. The van der Waals surface area contributed by atoms with E-state index in [1.807, 2.05) is 0 Å². The molecule has 30 heavy (non-hydrogen) atoms. The molecule has 0 amide bonds. The standard InChI is InChI=1S/C27H38BrNO/c1-21(2)27(3,24-8-10-25(28)11-9-24)16-5-17-29-18-14-23(15-19-29)20-22-6-12-26(30-4)13-7-22/h6-13,21,23H,5,14-20H2,1-4H3. The molecule has 0 aromatic heterocycles. The van der Waals surface area contributed by atoms with Gasteiger partial charge >= 0.3 is 0 Å². The van der Waals surface area contributed by atoms with Gasteiger partial charge in [-0.25, -0.2) is 0 Å². The van der Waals surface area contributed by atoms with E-state index in [0.29, 0.717) is 5.92 Å². The number of methoxy groups -OCH3 is 1. The normalized spacial score (nSPS) is 17.8. The van der Waals surface area contributed by atoms with Crippen LogP contribution in [0.15, 0.2) is 53.0 Å². The zero-order valence-electron chi connectivity index (χ0n) is 19.2. The summed E-state index contributed by atoms with van der Waals surface area (Å²) in [4.78, 5) is 2.69. The van der Waals surface area contributed by atoms with Crippen LogP contribution in [0, 0.1) is 11.8 Å². The summed E-state index contributed by atoms with van der Waals surface area (Å²) in [7, 11) is 1.73. The minimum Gasteiger partial charge on any atom is -0.497 e. The molecule has 1 aliphatic heterocycles. The topological polar surface area (TPSA) is 12.5 Å². The number of nitrogens with zero attached hydrogens (tertiary/aromatic N) is 1. The third-order valence-electron chi connectivity index (χ3n) is 7.34. The first-order valence-electron chi connectivity index (χ1n) is 11.5. The van der Waals surface area contributed by atoms with Crippen LogP contribution in [0.5, 0.6) is 5.75 Å². The molecule has 164 valence electrons. The molecule has 3 rings (SSSR count). The Morgan fingerprint density at radius 2 is 1.67 bits per heavy atom. The van der Waals surface area contributed by atoms with Gasteiger partial charge in [-0.05, 0) is 104 Å². The number of piperidine rings is 1. The van der Waals surface area contributed by atoms with Crippen LogP contribution in [0.1, 0.15) is 57.6 Å². The molecule has 2 aromatic carbocycles. The number of hydrogen-bond acceptors (Lipinski definition) is 2. The summed E-state index contributed by atoms with van der Waals surface area (Å²) >= 11 is 3.57. The van der Waals surface area contributed by atoms with Gasteiger partial charge in [-0.15, -0.1) is 0 Å². The van der Waals surface area contributed by atoms with Crippen molar-refractivity contribution in [3.8, 4) is 5.75 Å². The van der Waals surface area contributed by atoms with Crippen LogP contribution in [0.25, 0.3) is 0 Å². The fourth-order valence-electron chi connectivity index (χ4n) is 4.78. The van der Waals surface area contributed by atoms with Crippen molar-refractivity contribution in [2.45, 2.75) is 58.3 Å². The third kappa shape index (κ3) is 6.11. The van der Waals surface area contributed by atoms with Crippen molar-refractivity contribution < 1.29 is 4.74 Å². The second-order valence-corrected chi connectivity index (χ2v) is 10.4. The molecule has 2 nitrogen and oxygen atoms in total. The van der Waals surface area contributed by atoms with Crippen LogP contribution in [0.3, 0.4) is 0 Å². The Balaban J connectivity index is 1.44. The zero-order chi connectivity index (χ0) is 21.6. The van der Waals surface area contributed by atoms with Gasteiger partial charge in [0.1, 0.15) is 5.75 Å². The second kappa shape index (κ2) is 10.8. The van der Waals surface area contributed by atoms with E-state index in [-0.39, 0.29) is 5.41 Å². The Kier molecular flexibility index (Phi) is 8.42. The van der Waals surface area contributed by atoms with Gasteiger partial charge < -0.3 is 9.64 Å². The summed E-state index contributed by atoms with van der Waals surface area (Å²) in [5.74, 6) is 2.40. The lowest BCUT2D eigenvalue weighted by Crippen LogP contribution is -2.36. The summed E-state index contributed by atoms with van der Waals surface area (Å²) in [6.45, 7) is 10.9. The predicted octanol–water partition coefficient (Wildman–Crippen LogP) is 7.11. The highest BCUT2D eigenvalue weighted by Gasteiger charge is 2.30. The second-order valence-electron chi connectivity index (χ2n) is 9.52. The van der Waals surface area contributed by atoms with Gasteiger partial charge in [0, 0.05) is 4.47 Å². The molecule has 1 unspecified atom stereocenters. The van der Waals surface area contributed by atoms with Crippen LogP contribution in [-0.4, -0.2) is 31.6 Å². The summed E-state index contributed by atoms with van der Waals surface area (Å²) in [6, 6.07) is 17.6. The van der Waals surface area contributed by atoms with Gasteiger partial charge in [-0.3, -0.25) is 0 Å². The molecule has 0 spiro atoms. The molecule has 0 bridgehead atoms. The Morgan fingerprint density at radius 1 is 1.03 bits per heavy atom. The molecule has 1 saturated heterocycles. The predicted molar refractivity (Wildman–Crippen MR) is 131 cm³/mol. The van der Waals surface area contributed by atoms with Crippen molar-refractivity contribution >= 4 is 15.9 Å². The van der Waals surface area contributed by atoms with Crippen LogP contribution in [-0.2, 0) is 11.8 Å². The number of halogens is 1. The zero-order valence-corrected chi connectivity index (χ0v) is 20.7. The molecule has 1 heterocycles. The molecule has 0 aliphatic carbocycles. The summed E-state index contributed by atoms with van der Waals surface area (Å²) in [5, 5.41) is 0. The lowest BCUT2D eigenvalue weighted by Gasteiger charge is -2.37. The van der Waals surface area contributed by atoms with Crippen molar-refractivity contribution in [1.29, 1.82) is 0 Å². The van der Waals surface area contributed by atoms with Crippen LogP contribution in [0.2, 0.25) is 0 Å². The van der Waals surface area contributed by atoms with Gasteiger partial charge in [-0.2, -0.15) is 0 Å². The Bertz CT molecular complexity index is 762. The number of benzene rings is 2. The highest BCUT2D eigenvalue weighted by atomic mass is 79.9. The van der Waals surface area contributed by atoms with Crippen LogP contribution in [0.4, 0.5) is 0 Å². The number of hydrogen-bond donors (Lipinski definition) is 0. The maximum atomic E-state index is 5.27. The molecule has 0 N–H and O–H groups in total. The SMILES string of the molecule is COc1ccc(CC2CCN(CCCC(C)(c3ccc(Br)cc3)C(C)C)CC2)cc1. The van der Waals surface area contributed by atoms with E-state index >= 15 is 0 Å². The van der Waals surface area contributed by atoms with E-state index in [1.54, 1.807) is 7.11 Å². The quantitative estimate of drug-likeness (QED) is 0.386. The molecular weight excluding hydrogens is 434 g/mol. The molecule has 2 aromatic rings. The van der Waals surface area contributed by atoms with E-state index in [2.05, 4.69) is 90.1 Å². The fourth-order valence-corrected chi connectivity index (χ4v) is 5.04. The summed E-state index contributed by atoms with van der Waals surface area (Å²) < 4.78 is 6.44. The van der Waals surface area contributed by atoms with Gasteiger partial charge in [0.15, 0.2) is 0 Å². The molecule has 0 saturated carbocycles. The van der Waals surface area contributed by atoms with E-state index in [4.69, 9.17) is 4.74 Å². The highest BCUT2D eigenvalue weighted by Crippen LogP contribution is 2.37. The lowest BCUT2D eigenvalue weighted by atomic mass is 9.70. The number of likely N-dealkylation sites (tertiary alicyclic amines) is 1. The minimum absolute atomic E-state index is 0.243. The van der Waals surface area contributed by atoms with Crippen molar-refractivity contribution in [3.63, 3.8) is 0 Å². The van der Waals surface area contributed by atoms with Gasteiger partial charge in [0.25, 0.3) is 0 Å². The van der Waals surface area contributed by atoms with Crippen molar-refractivity contribution in [2.75, 3.05) is 26.7 Å². The van der Waals surface area contributed by atoms with E-state index in [0.717, 1.165) is 16.1 Å². The molecular formula is C27H38BrNO. The fraction of sp³-hybridized carbons (Fsp3) is 0.556. The largest absolute Gasteiger partial charge is 0.497 e. The molecule has 0 radical (unpaired) electrons. The monoisotopic (exact) mass is 471 g/mol. The van der Waals surface area contributed by atoms with Crippen LogP contribution >= 0.6 is 15.9 Å². The van der Waals surface area contributed by atoms with E-state index in [9.17, 15) is 0 Å². The van der Waals surface area contributed by atoms with Gasteiger partial charge in [-0.1, -0.05) is 61.0 Å². The van der Waals surface area contributed by atoms with Gasteiger partial charge in [0.2, 0.25) is 0 Å². The third-order valence-corrected chi connectivity index (χ3v) is 7.87. The summed E-state index contributed by atoms with van der Waals surface area (Å²) in [6.07, 6.45) is 6.36. The lowest BCUT2D eigenvalue weighted by molar-refractivity contribution is 0.173. The Hall–Kier alpha value is -1.32. The highest BCUT2D eigenvalue weighted by molar-refractivity contribution is 9.10. The minimum atomic E-state index is 0.243. The van der Waals surface area contributed by atoms with Crippen LogP contribution < -0.4 is 4.74 Å². The van der Waals surface area contributed by atoms with Crippen molar-refractivity contribution in [2.24, 2.45) is 11.8 Å². The maximum absolute atomic E-state index is 5.27. The smallest absolute Gasteiger partial charge is 0.118 e. The number of rotatable bonds is 9.